The van der Waals surface area contributed by atoms with Crippen LogP contribution in [0.2, 0.25) is 0 Å². The van der Waals surface area contributed by atoms with E-state index in [1.54, 1.807) is 0 Å². The molecule has 0 radical (unpaired) electrons. The second-order valence-electron chi connectivity index (χ2n) is 25.0. The number of rotatable bonds is 18. The molecule has 0 aliphatic carbocycles. The third-order valence-corrected chi connectivity index (χ3v) is 28.3. The van der Waals surface area contributed by atoms with Crippen LogP contribution < -0.4 is 0 Å². The van der Waals surface area contributed by atoms with E-state index < -0.39 is 0 Å². The SMILES string of the molecule is CCCc1ccc([S+](c2ccccc2)c2ccccc2)cc1.CCc1ccc([S+](c2ccccc2)c2ccccc2)cc1.Cc1ccc([S+](c2ccc(C)cc2)c2ccc(C)cc2)cc1.Cc1ccc([S+](c2ccccc2)c2ccccc2)cc1.c1ccc([S+](c2ccccc2)c2ccccc2)cc1. The van der Waals surface area contributed by atoms with Gasteiger partial charge in [0, 0.05) is 0 Å². The first kappa shape index (κ1) is 75.2. The van der Waals surface area contributed by atoms with E-state index in [4.69, 9.17) is 0 Å². The van der Waals surface area contributed by atoms with Gasteiger partial charge in [0.25, 0.3) is 0 Å². The van der Waals surface area contributed by atoms with Crippen LogP contribution in [0.3, 0.4) is 0 Å². The summed E-state index contributed by atoms with van der Waals surface area (Å²) in [4.78, 5) is 20.5. The molecule has 0 N–H and O–H groups in total. The first-order valence-corrected chi connectivity index (χ1v) is 41.9. The zero-order chi connectivity index (χ0) is 71.9. The van der Waals surface area contributed by atoms with Crippen LogP contribution in [0.4, 0.5) is 0 Å². The highest BCUT2D eigenvalue weighted by atomic mass is 32.2. The smallest absolute Gasteiger partial charge is 0.0651 e. The van der Waals surface area contributed by atoms with Crippen LogP contribution >= 0.6 is 0 Å². The fourth-order valence-electron chi connectivity index (χ4n) is 11.7. The molecule has 0 saturated heterocycles. The van der Waals surface area contributed by atoms with Crippen molar-refractivity contribution in [3.05, 3.63) is 452 Å². The standard InChI is InChI=1S/2C21H21S.C20H19S.C19H17S.C18H15S/c1-16-4-10-19(11-5-16)22(20-12-6-17(2)7-13-20)21-14-8-18(3)9-15-21;1-2-9-18-14-16-21(17-15-18)22(19-10-5-3-6-11-19)20-12-7-4-8-13-20;1-2-17-13-15-20(16-14-17)21(18-9-5-3-6-10-18)19-11-7-4-8-12-19;1-16-12-14-19(15-13-16)20(17-8-4-2-5-9-17)18-10-6-3-7-11-18;1-4-10-16(11-5-1)19(17-12-6-2-7-13-17)18-14-8-3-9-15-18/h4-15H,1-3H3;3-8,10-17H,2,9H2,1H3;3-16H,2H2,1H3;2-15H,1H3;1-15H/q5*+1. The van der Waals surface area contributed by atoms with Crippen molar-refractivity contribution in [3.63, 3.8) is 0 Å². The number of aryl methyl sites for hydroxylation is 6. The second kappa shape index (κ2) is 40.2. The van der Waals surface area contributed by atoms with Gasteiger partial charge in [-0.1, -0.05) is 279 Å². The molecule has 15 aromatic rings. The molecule has 0 saturated carbocycles. The molecule has 0 spiro atoms. The highest BCUT2D eigenvalue weighted by Gasteiger charge is 2.33. The Hall–Kier alpha value is -9.95. The lowest BCUT2D eigenvalue weighted by Crippen LogP contribution is -2.04. The molecule has 0 aliphatic heterocycles. The summed E-state index contributed by atoms with van der Waals surface area (Å²) >= 11 is 0. The summed E-state index contributed by atoms with van der Waals surface area (Å²) in [5.41, 5.74) is 8.04. The number of benzene rings is 15. The van der Waals surface area contributed by atoms with Gasteiger partial charge in [-0.3, -0.25) is 0 Å². The van der Waals surface area contributed by atoms with Gasteiger partial charge < -0.3 is 0 Å². The largest absolute Gasteiger partial charge is 0.166 e. The molecular weight excluding hydrogens is 1350 g/mol. The van der Waals surface area contributed by atoms with Crippen molar-refractivity contribution in [2.24, 2.45) is 0 Å². The molecule has 0 bridgehead atoms. The number of hydrogen-bond acceptors (Lipinski definition) is 0. The summed E-state index contributed by atoms with van der Waals surface area (Å²) in [7, 11) is -0.129. The molecule has 0 atom stereocenters. The van der Waals surface area contributed by atoms with Gasteiger partial charge in [-0.05, 0) is 234 Å². The van der Waals surface area contributed by atoms with E-state index in [0.29, 0.717) is 0 Å². The molecule has 0 amide bonds. The van der Waals surface area contributed by atoms with Gasteiger partial charge >= 0.3 is 0 Å². The van der Waals surface area contributed by atoms with E-state index in [1.807, 2.05) is 0 Å². The lowest BCUT2D eigenvalue weighted by atomic mass is 10.1. The maximum absolute atomic E-state index is 2.30. The molecular formula is C99H93S5+5. The Balaban J connectivity index is 0.000000130. The van der Waals surface area contributed by atoms with E-state index in [2.05, 4.69) is 460 Å². The lowest BCUT2D eigenvalue weighted by molar-refractivity contribution is 0.920. The molecule has 514 valence electrons. The minimum atomic E-state index is -0.0394. The zero-order valence-electron chi connectivity index (χ0n) is 60.5. The third-order valence-electron chi connectivity index (χ3n) is 17.1. The monoisotopic (exact) mass is 1440 g/mol. The Kier molecular flexibility index (Phi) is 29.1. The molecule has 15 aromatic carbocycles. The van der Waals surface area contributed by atoms with Crippen LogP contribution in [0, 0.1) is 27.7 Å². The zero-order valence-corrected chi connectivity index (χ0v) is 64.6. The topological polar surface area (TPSA) is 0 Å². The Morgan fingerprint density at radius 2 is 0.288 bits per heavy atom. The average molecular weight is 1440 g/mol. The van der Waals surface area contributed by atoms with Gasteiger partial charge in [0.15, 0.2) is 73.4 Å². The molecule has 0 unspecified atom stereocenters. The highest BCUT2D eigenvalue weighted by molar-refractivity contribution is 7.98. The normalized spacial score (nSPS) is 10.8. The summed E-state index contributed by atoms with van der Waals surface area (Å²) in [5, 5.41) is 0. The molecule has 5 heteroatoms. The van der Waals surface area contributed by atoms with E-state index in [9.17, 15) is 0 Å². The predicted octanol–water partition coefficient (Wildman–Crippen LogP) is 26.7. The Morgan fingerprint density at radius 1 is 0.154 bits per heavy atom. The van der Waals surface area contributed by atoms with Crippen molar-refractivity contribution in [2.45, 2.75) is 134 Å². The summed E-state index contributed by atoms with van der Waals surface area (Å²) < 4.78 is 0. The van der Waals surface area contributed by atoms with Gasteiger partial charge in [-0.15, -0.1) is 0 Å². The summed E-state index contributed by atoms with van der Waals surface area (Å²) in [6, 6.07) is 151. The van der Waals surface area contributed by atoms with Crippen molar-refractivity contribution in [1.82, 2.24) is 0 Å². The van der Waals surface area contributed by atoms with E-state index in [-0.39, 0.29) is 54.5 Å². The first-order valence-electron chi connectivity index (χ1n) is 35.8. The summed E-state index contributed by atoms with van der Waals surface area (Å²) in [6.45, 7) is 13.0. The first-order chi connectivity index (χ1) is 51.2. The molecule has 104 heavy (non-hydrogen) atoms. The minimum Gasteiger partial charge on any atom is -0.0651 e. The Bertz CT molecular complexity index is 4520. The number of hydrogen-bond donors (Lipinski definition) is 0. The van der Waals surface area contributed by atoms with Crippen LogP contribution in [0.5, 0.6) is 0 Å². The van der Waals surface area contributed by atoms with Crippen LogP contribution in [0.25, 0.3) is 0 Å². The van der Waals surface area contributed by atoms with Crippen molar-refractivity contribution in [3.8, 4) is 0 Å². The van der Waals surface area contributed by atoms with Crippen molar-refractivity contribution < 1.29 is 0 Å². The van der Waals surface area contributed by atoms with Crippen LogP contribution in [-0.2, 0) is 67.3 Å². The maximum atomic E-state index is 2.30. The lowest BCUT2D eigenvalue weighted by Gasteiger charge is -2.09. The van der Waals surface area contributed by atoms with Crippen LogP contribution in [0.1, 0.15) is 53.6 Å². The van der Waals surface area contributed by atoms with Crippen molar-refractivity contribution in [2.75, 3.05) is 0 Å². The van der Waals surface area contributed by atoms with Gasteiger partial charge in [-0.2, -0.15) is 0 Å². The quantitative estimate of drug-likeness (QED) is 0.0751. The molecule has 0 fully saturated rings. The Labute approximate surface area is 635 Å². The van der Waals surface area contributed by atoms with Gasteiger partial charge in [0.1, 0.15) is 0 Å². The average Bonchev–Trinajstić information content (AvgIpc) is 0.970. The molecule has 0 heterocycles. The van der Waals surface area contributed by atoms with Crippen molar-refractivity contribution in [1.29, 1.82) is 0 Å². The summed E-state index contributed by atoms with van der Waals surface area (Å²) in [5.74, 6) is 0. The molecule has 0 nitrogen and oxygen atoms in total. The molecule has 15 rings (SSSR count). The van der Waals surface area contributed by atoms with Gasteiger partial charge in [0.05, 0.1) is 54.5 Å². The van der Waals surface area contributed by atoms with Gasteiger partial charge in [0.2, 0.25) is 0 Å². The summed E-state index contributed by atoms with van der Waals surface area (Å²) in [6.07, 6.45) is 3.44. The Morgan fingerprint density at radius 3 is 0.433 bits per heavy atom. The highest BCUT2D eigenvalue weighted by Crippen LogP contribution is 2.36. The van der Waals surface area contributed by atoms with E-state index >= 15 is 0 Å². The van der Waals surface area contributed by atoms with Crippen molar-refractivity contribution >= 4 is 54.5 Å². The molecule has 0 aliphatic rings. The van der Waals surface area contributed by atoms with E-state index in [1.165, 1.54) is 113 Å². The van der Waals surface area contributed by atoms with E-state index in [0.717, 1.165) is 12.8 Å². The van der Waals surface area contributed by atoms with Crippen LogP contribution in [-0.4, -0.2) is 0 Å². The van der Waals surface area contributed by atoms with Crippen LogP contribution in [0.15, 0.2) is 492 Å². The molecule has 0 aromatic heterocycles. The maximum Gasteiger partial charge on any atom is 0.166 e. The fraction of sp³-hybridized carbons (Fsp3) is 0.0909. The second-order valence-corrected chi connectivity index (χ2v) is 35.1. The fourth-order valence-corrected chi connectivity index (χ4v) is 22.1. The minimum absolute atomic E-state index is 0.0146. The third kappa shape index (κ3) is 21.8. The van der Waals surface area contributed by atoms with Gasteiger partial charge in [-0.25, -0.2) is 0 Å². The predicted molar refractivity (Wildman–Crippen MR) is 450 cm³/mol.